The van der Waals surface area contributed by atoms with Gasteiger partial charge in [-0.1, -0.05) is 0 Å². The normalized spacial score (nSPS) is 16.4. The standard InChI is InChI=1S/C12H16N2O3/c1-17-12(16)9-4-5-13-11(6-9)14-7-10(15)8-2-3-8/h4-6,8,10,15H,2-3,7H2,1H3,(H,13,14). The molecular weight excluding hydrogens is 220 g/mol. The van der Waals surface area contributed by atoms with Crippen LogP contribution < -0.4 is 5.32 Å². The minimum absolute atomic E-state index is 0.335. The quantitative estimate of drug-likeness (QED) is 0.748. The van der Waals surface area contributed by atoms with Gasteiger partial charge >= 0.3 is 5.97 Å². The van der Waals surface area contributed by atoms with E-state index in [2.05, 4.69) is 15.0 Å². The number of ether oxygens (including phenoxy) is 1. The number of nitrogens with one attached hydrogen (secondary N) is 1. The summed E-state index contributed by atoms with van der Waals surface area (Å²) < 4.78 is 4.62. The maximum atomic E-state index is 11.3. The van der Waals surface area contributed by atoms with Gasteiger partial charge in [0.15, 0.2) is 0 Å². The molecule has 5 nitrogen and oxygen atoms in total. The minimum atomic E-state index is -0.391. The van der Waals surface area contributed by atoms with E-state index in [0.29, 0.717) is 23.8 Å². The Morgan fingerprint density at radius 3 is 3.12 bits per heavy atom. The fourth-order valence-corrected chi connectivity index (χ4v) is 1.63. The summed E-state index contributed by atoms with van der Waals surface area (Å²) in [7, 11) is 1.34. The Hall–Kier alpha value is -1.62. The number of aromatic nitrogens is 1. The lowest BCUT2D eigenvalue weighted by Crippen LogP contribution is -2.21. The Kier molecular flexibility index (Phi) is 3.58. The summed E-state index contributed by atoms with van der Waals surface area (Å²) in [5.74, 6) is 0.608. The Morgan fingerprint density at radius 2 is 2.47 bits per heavy atom. The number of anilines is 1. The van der Waals surface area contributed by atoms with Crippen LogP contribution in [0.1, 0.15) is 23.2 Å². The number of rotatable bonds is 5. The molecule has 0 saturated heterocycles. The molecule has 1 atom stereocenters. The van der Waals surface area contributed by atoms with E-state index in [1.807, 2.05) is 0 Å². The summed E-state index contributed by atoms with van der Waals surface area (Å²) in [6, 6.07) is 3.21. The second-order valence-corrected chi connectivity index (χ2v) is 4.21. The number of aliphatic hydroxyl groups excluding tert-OH is 1. The minimum Gasteiger partial charge on any atom is -0.465 e. The molecule has 1 heterocycles. The Morgan fingerprint density at radius 1 is 1.71 bits per heavy atom. The highest BCUT2D eigenvalue weighted by Crippen LogP contribution is 2.32. The van der Waals surface area contributed by atoms with Crippen molar-refractivity contribution in [3.63, 3.8) is 0 Å². The Labute approximate surface area is 99.8 Å². The summed E-state index contributed by atoms with van der Waals surface area (Å²) in [4.78, 5) is 15.4. The van der Waals surface area contributed by atoms with Gasteiger partial charge in [-0.05, 0) is 30.9 Å². The lowest BCUT2D eigenvalue weighted by Gasteiger charge is -2.11. The number of hydrogen-bond acceptors (Lipinski definition) is 5. The molecule has 1 aliphatic rings. The number of aliphatic hydroxyl groups is 1. The zero-order valence-corrected chi connectivity index (χ0v) is 9.72. The van der Waals surface area contributed by atoms with Crippen LogP contribution in [0, 0.1) is 5.92 Å². The van der Waals surface area contributed by atoms with Crippen molar-refractivity contribution in [1.29, 1.82) is 0 Å². The van der Waals surface area contributed by atoms with E-state index in [1.165, 1.54) is 13.3 Å². The lowest BCUT2D eigenvalue weighted by atomic mass is 10.2. The van der Waals surface area contributed by atoms with E-state index >= 15 is 0 Å². The van der Waals surface area contributed by atoms with Gasteiger partial charge in [0.1, 0.15) is 5.82 Å². The van der Waals surface area contributed by atoms with Crippen LogP contribution in [-0.4, -0.2) is 35.8 Å². The van der Waals surface area contributed by atoms with Crippen LogP contribution in [0.15, 0.2) is 18.3 Å². The van der Waals surface area contributed by atoms with E-state index in [0.717, 1.165) is 12.8 Å². The van der Waals surface area contributed by atoms with Crippen LogP contribution in [0.3, 0.4) is 0 Å². The fourth-order valence-electron chi connectivity index (χ4n) is 1.63. The van der Waals surface area contributed by atoms with E-state index < -0.39 is 5.97 Å². The molecule has 5 heteroatoms. The topological polar surface area (TPSA) is 71.5 Å². The van der Waals surface area contributed by atoms with Crippen LogP contribution in [-0.2, 0) is 4.74 Å². The molecule has 92 valence electrons. The van der Waals surface area contributed by atoms with Crippen LogP contribution in [0.25, 0.3) is 0 Å². The first-order valence-corrected chi connectivity index (χ1v) is 5.67. The predicted molar refractivity (Wildman–Crippen MR) is 62.8 cm³/mol. The summed E-state index contributed by atoms with van der Waals surface area (Å²) in [6.45, 7) is 0.461. The molecule has 1 saturated carbocycles. The van der Waals surface area contributed by atoms with Gasteiger partial charge in [-0.15, -0.1) is 0 Å². The third-order valence-corrected chi connectivity index (χ3v) is 2.84. The monoisotopic (exact) mass is 236 g/mol. The van der Waals surface area contributed by atoms with E-state index in [-0.39, 0.29) is 6.10 Å². The van der Waals surface area contributed by atoms with E-state index in [1.54, 1.807) is 12.1 Å². The first-order valence-electron chi connectivity index (χ1n) is 5.67. The predicted octanol–water partition coefficient (Wildman–Crippen LogP) is 1.05. The molecule has 1 aromatic rings. The van der Waals surface area contributed by atoms with Crippen molar-refractivity contribution < 1.29 is 14.6 Å². The third kappa shape index (κ3) is 3.17. The SMILES string of the molecule is COC(=O)c1ccnc(NCC(O)C2CC2)c1. The van der Waals surface area contributed by atoms with Gasteiger partial charge in [-0.2, -0.15) is 0 Å². The zero-order chi connectivity index (χ0) is 12.3. The van der Waals surface area contributed by atoms with Gasteiger partial charge < -0.3 is 15.2 Å². The molecule has 0 radical (unpaired) electrons. The van der Waals surface area contributed by atoms with Crippen LogP contribution >= 0.6 is 0 Å². The first-order chi connectivity index (χ1) is 8.20. The highest BCUT2D eigenvalue weighted by atomic mass is 16.5. The smallest absolute Gasteiger partial charge is 0.338 e. The molecule has 0 amide bonds. The molecule has 17 heavy (non-hydrogen) atoms. The number of pyridine rings is 1. The average molecular weight is 236 g/mol. The molecule has 0 spiro atoms. The summed E-state index contributed by atoms with van der Waals surface area (Å²) in [5, 5.41) is 12.7. The van der Waals surface area contributed by atoms with Crippen molar-refractivity contribution in [2.75, 3.05) is 19.0 Å². The maximum absolute atomic E-state index is 11.3. The van der Waals surface area contributed by atoms with Gasteiger partial charge in [0.05, 0.1) is 18.8 Å². The molecule has 0 aromatic carbocycles. The van der Waals surface area contributed by atoms with Gasteiger partial charge in [0.2, 0.25) is 0 Å². The number of hydrogen-bond donors (Lipinski definition) is 2. The van der Waals surface area contributed by atoms with Gasteiger partial charge in [0.25, 0.3) is 0 Å². The van der Waals surface area contributed by atoms with Crippen molar-refractivity contribution >= 4 is 11.8 Å². The molecule has 1 aromatic heterocycles. The average Bonchev–Trinajstić information content (AvgIpc) is 3.19. The Balaban J connectivity index is 1.93. The van der Waals surface area contributed by atoms with E-state index in [9.17, 15) is 9.90 Å². The first kappa shape index (κ1) is 11.9. The fraction of sp³-hybridized carbons (Fsp3) is 0.500. The van der Waals surface area contributed by atoms with Gasteiger partial charge in [-0.3, -0.25) is 0 Å². The Bertz CT molecular complexity index is 404. The van der Waals surface area contributed by atoms with Crippen molar-refractivity contribution in [3.8, 4) is 0 Å². The largest absolute Gasteiger partial charge is 0.465 e. The summed E-state index contributed by atoms with van der Waals surface area (Å²) >= 11 is 0. The highest BCUT2D eigenvalue weighted by molar-refractivity contribution is 5.89. The van der Waals surface area contributed by atoms with Crippen molar-refractivity contribution in [3.05, 3.63) is 23.9 Å². The number of methoxy groups -OCH3 is 1. The van der Waals surface area contributed by atoms with Crippen molar-refractivity contribution in [2.45, 2.75) is 18.9 Å². The molecule has 2 rings (SSSR count). The van der Waals surface area contributed by atoms with Crippen molar-refractivity contribution in [1.82, 2.24) is 4.98 Å². The molecule has 0 aliphatic heterocycles. The van der Waals surface area contributed by atoms with E-state index in [4.69, 9.17) is 0 Å². The highest BCUT2D eigenvalue weighted by Gasteiger charge is 2.29. The molecule has 0 bridgehead atoms. The van der Waals surface area contributed by atoms with Gasteiger partial charge in [-0.25, -0.2) is 9.78 Å². The molecule has 1 unspecified atom stereocenters. The number of carbonyl (C=O) groups is 1. The lowest BCUT2D eigenvalue weighted by molar-refractivity contribution is 0.0600. The number of nitrogens with zero attached hydrogens (tertiary/aromatic N) is 1. The second kappa shape index (κ2) is 5.14. The number of esters is 1. The summed E-state index contributed by atoms with van der Waals surface area (Å²) in [6.07, 6.45) is 3.40. The number of carbonyl (C=O) groups excluding carboxylic acids is 1. The zero-order valence-electron chi connectivity index (χ0n) is 9.72. The van der Waals surface area contributed by atoms with Gasteiger partial charge in [0, 0.05) is 12.7 Å². The van der Waals surface area contributed by atoms with Crippen molar-refractivity contribution in [2.24, 2.45) is 5.92 Å². The van der Waals surface area contributed by atoms with Crippen LogP contribution in [0.5, 0.6) is 0 Å². The molecule has 2 N–H and O–H groups in total. The molecule has 1 aliphatic carbocycles. The van der Waals surface area contributed by atoms with Crippen LogP contribution in [0.4, 0.5) is 5.82 Å². The maximum Gasteiger partial charge on any atom is 0.338 e. The second-order valence-electron chi connectivity index (χ2n) is 4.21. The summed E-state index contributed by atoms with van der Waals surface area (Å²) in [5.41, 5.74) is 0.450. The molecular formula is C12H16N2O3. The third-order valence-electron chi connectivity index (χ3n) is 2.84. The molecule has 1 fully saturated rings. The van der Waals surface area contributed by atoms with Crippen LogP contribution in [0.2, 0.25) is 0 Å².